The van der Waals surface area contributed by atoms with Gasteiger partial charge in [0.25, 0.3) is 0 Å². The van der Waals surface area contributed by atoms with E-state index in [0.717, 1.165) is 0 Å². The molecule has 0 saturated heterocycles. The van der Waals surface area contributed by atoms with Crippen molar-refractivity contribution in [2.24, 2.45) is 11.8 Å². The van der Waals surface area contributed by atoms with Gasteiger partial charge in [-0.2, -0.15) is 0 Å². The number of carboxylic acid groups (broad SMARTS) is 1. The highest BCUT2D eigenvalue weighted by Crippen LogP contribution is 2.29. The number of rotatable bonds is 6. The molecule has 6 nitrogen and oxygen atoms in total. The molecule has 134 valence electrons. The van der Waals surface area contributed by atoms with E-state index in [2.05, 4.69) is 5.32 Å². The van der Waals surface area contributed by atoms with Crippen LogP contribution in [0.5, 0.6) is 0 Å². The van der Waals surface area contributed by atoms with Crippen molar-refractivity contribution in [2.45, 2.75) is 39.2 Å². The summed E-state index contributed by atoms with van der Waals surface area (Å²) >= 11 is 0. The Morgan fingerprint density at radius 3 is 2.56 bits per heavy atom. The minimum atomic E-state index is -1.31. The summed E-state index contributed by atoms with van der Waals surface area (Å²) in [4.78, 5) is 35.9. The number of carboxylic acids is 1. The second-order valence-corrected chi connectivity index (χ2v) is 6.17. The summed E-state index contributed by atoms with van der Waals surface area (Å²) in [7, 11) is 0. The molecular weight excluding hydrogens is 322 g/mol. The largest absolute Gasteiger partial charge is 0.545 e. The van der Waals surface area contributed by atoms with Crippen molar-refractivity contribution in [3.63, 3.8) is 0 Å². The SMILES string of the molecule is CC[C@H](C)OC(=O)[C@@H]1CC=CC[C@@H]1C(=O)Nc1cccc(C(=O)[O-])c1. The second-order valence-electron chi connectivity index (χ2n) is 6.17. The van der Waals surface area contributed by atoms with Crippen molar-refractivity contribution in [1.82, 2.24) is 0 Å². The number of carbonyl (C=O) groups is 3. The van der Waals surface area contributed by atoms with Crippen LogP contribution >= 0.6 is 0 Å². The number of hydrogen-bond acceptors (Lipinski definition) is 5. The normalized spacial score (nSPS) is 20.6. The van der Waals surface area contributed by atoms with E-state index in [-0.39, 0.29) is 23.5 Å². The molecule has 0 unspecified atom stereocenters. The molecule has 1 aromatic rings. The molecule has 0 fully saturated rings. The third-order valence-electron chi connectivity index (χ3n) is 4.33. The summed E-state index contributed by atoms with van der Waals surface area (Å²) < 4.78 is 5.38. The van der Waals surface area contributed by atoms with Gasteiger partial charge in [-0.05, 0) is 43.9 Å². The third kappa shape index (κ3) is 4.92. The fourth-order valence-electron chi connectivity index (χ4n) is 2.69. The number of aromatic carboxylic acids is 1. The lowest BCUT2D eigenvalue weighted by molar-refractivity contribution is -0.255. The minimum absolute atomic E-state index is 0.0194. The number of anilines is 1. The van der Waals surface area contributed by atoms with E-state index in [1.54, 1.807) is 6.07 Å². The predicted octanol–water partition coefficient (Wildman–Crippen LogP) is 1.91. The first-order valence-corrected chi connectivity index (χ1v) is 8.40. The molecular formula is C19H22NO5-. The van der Waals surface area contributed by atoms with E-state index in [1.807, 2.05) is 26.0 Å². The number of nitrogens with one attached hydrogen (secondary N) is 1. The van der Waals surface area contributed by atoms with Crippen LogP contribution in [0.3, 0.4) is 0 Å². The minimum Gasteiger partial charge on any atom is -0.545 e. The van der Waals surface area contributed by atoms with Gasteiger partial charge in [0, 0.05) is 5.69 Å². The lowest BCUT2D eigenvalue weighted by atomic mass is 9.82. The van der Waals surface area contributed by atoms with Crippen LogP contribution < -0.4 is 10.4 Å². The molecule has 3 atom stereocenters. The van der Waals surface area contributed by atoms with Crippen molar-refractivity contribution in [3.8, 4) is 0 Å². The molecule has 25 heavy (non-hydrogen) atoms. The van der Waals surface area contributed by atoms with Gasteiger partial charge in [-0.15, -0.1) is 0 Å². The number of amides is 1. The van der Waals surface area contributed by atoms with Gasteiger partial charge in [0.1, 0.15) is 0 Å². The zero-order valence-electron chi connectivity index (χ0n) is 14.4. The number of allylic oxidation sites excluding steroid dienone is 2. The van der Waals surface area contributed by atoms with Crippen molar-refractivity contribution in [3.05, 3.63) is 42.0 Å². The molecule has 0 bridgehead atoms. The van der Waals surface area contributed by atoms with E-state index in [9.17, 15) is 19.5 Å². The van der Waals surface area contributed by atoms with Gasteiger partial charge < -0.3 is 20.0 Å². The number of hydrogen-bond donors (Lipinski definition) is 1. The first-order valence-electron chi connectivity index (χ1n) is 8.40. The summed E-state index contributed by atoms with van der Waals surface area (Å²) in [6.45, 7) is 3.74. The van der Waals surface area contributed by atoms with Crippen molar-refractivity contribution in [2.75, 3.05) is 5.32 Å². The summed E-state index contributed by atoms with van der Waals surface area (Å²) in [5.74, 6) is -3.10. The summed E-state index contributed by atoms with van der Waals surface area (Å²) in [6, 6.07) is 5.84. The molecule has 1 aliphatic rings. The molecule has 0 aromatic heterocycles. The molecule has 0 heterocycles. The van der Waals surface area contributed by atoms with Crippen LogP contribution in [-0.2, 0) is 14.3 Å². The Bertz CT molecular complexity index is 682. The smallest absolute Gasteiger partial charge is 0.310 e. The molecule has 0 radical (unpaired) electrons. The quantitative estimate of drug-likeness (QED) is 0.628. The molecule has 1 aliphatic carbocycles. The van der Waals surface area contributed by atoms with Gasteiger partial charge in [0.05, 0.1) is 23.9 Å². The van der Waals surface area contributed by atoms with Crippen LogP contribution in [0.1, 0.15) is 43.5 Å². The standard InChI is InChI=1S/C19H23NO5/c1-3-12(2)25-19(24)16-10-5-4-9-15(16)17(21)20-14-8-6-7-13(11-14)18(22)23/h4-8,11-12,15-16H,3,9-10H2,1-2H3,(H,20,21)(H,22,23)/p-1/t12-,15-,16+/m0/s1. The van der Waals surface area contributed by atoms with Gasteiger partial charge >= 0.3 is 5.97 Å². The van der Waals surface area contributed by atoms with Crippen molar-refractivity contribution < 1.29 is 24.2 Å². The number of carbonyl (C=O) groups excluding carboxylic acids is 3. The molecule has 0 saturated carbocycles. The van der Waals surface area contributed by atoms with Gasteiger partial charge in [-0.25, -0.2) is 0 Å². The van der Waals surface area contributed by atoms with Crippen molar-refractivity contribution >= 4 is 23.5 Å². The molecule has 1 amide bonds. The highest BCUT2D eigenvalue weighted by Gasteiger charge is 2.35. The fourth-order valence-corrected chi connectivity index (χ4v) is 2.69. The van der Waals surface area contributed by atoms with Gasteiger partial charge in [-0.1, -0.05) is 31.2 Å². The van der Waals surface area contributed by atoms with E-state index < -0.39 is 17.8 Å². The third-order valence-corrected chi connectivity index (χ3v) is 4.33. The Hall–Kier alpha value is -2.63. The monoisotopic (exact) mass is 344 g/mol. The molecule has 1 N–H and O–H groups in total. The number of benzene rings is 1. The van der Waals surface area contributed by atoms with E-state index in [4.69, 9.17) is 4.74 Å². The fraction of sp³-hybridized carbons (Fsp3) is 0.421. The van der Waals surface area contributed by atoms with Crippen LogP contribution in [0, 0.1) is 11.8 Å². The number of esters is 1. The zero-order valence-corrected chi connectivity index (χ0v) is 14.4. The Balaban J connectivity index is 2.10. The van der Waals surface area contributed by atoms with Crippen molar-refractivity contribution in [1.29, 1.82) is 0 Å². The highest BCUT2D eigenvalue weighted by molar-refractivity contribution is 5.97. The van der Waals surface area contributed by atoms with E-state index >= 15 is 0 Å². The predicted molar refractivity (Wildman–Crippen MR) is 90.6 cm³/mol. The van der Waals surface area contributed by atoms with Crippen LogP contribution in [0.25, 0.3) is 0 Å². The maximum Gasteiger partial charge on any atom is 0.310 e. The van der Waals surface area contributed by atoms with Crippen LogP contribution in [-0.4, -0.2) is 23.9 Å². The van der Waals surface area contributed by atoms with Gasteiger partial charge in [0.2, 0.25) is 5.91 Å². The van der Waals surface area contributed by atoms with Crippen LogP contribution in [0.4, 0.5) is 5.69 Å². The first-order chi connectivity index (χ1) is 11.9. The lowest BCUT2D eigenvalue weighted by Crippen LogP contribution is -2.36. The summed E-state index contributed by atoms with van der Waals surface area (Å²) in [6.07, 6.45) is 5.15. The van der Waals surface area contributed by atoms with Crippen LogP contribution in [0.15, 0.2) is 36.4 Å². The molecule has 0 aliphatic heterocycles. The maximum atomic E-state index is 12.6. The van der Waals surface area contributed by atoms with E-state index in [1.165, 1.54) is 18.2 Å². The molecule has 2 rings (SSSR count). The Morgan fingerprint density at radius 1 is 1.24 bits per heavy atom. The van der Waals surface area contributed by atoms with Crippen LogP contribution in [0.2, 0.25) is 0 Å². The lowest BCUT2D eigenvalue weighted by Gasteiger charge is -2.27. The highest BCUT2D eigenvalue weighted by atomic mass is 16.5. The first kappa shape index (κ1) is 18.7. The average molecular weight is 344 g/mol. The average Bonchev–Trinajstić information content (AvgIpc) is 2.61. The van der Waals surface area contributed by atoms with E-state index in [0.29, 0.717) is 24.9 Å². The zero-order chi connectivity index (χ0) is 18.4. The Labute approximate surface area is 146 Å². The van der Waals surface area contributed by atoms with Gasteiger partial charge in [0.15, 0.2) is 0 Å². The summed E-state index contributed by atoms with van der Waals surface area (Å²) in [5, 5.41) is 13.6. The Morgan fingerprint density at radius 2 is 1.92 bits per heavy atom. The van der Waals surface area contributed by atoms with Gasteiger partial charge in [-0.3, -0.25) is 9.59 Å². The molecule has 0 spiro atoms. The maximum absolute atomic E-state index is 12.6. The molecule has 1 aromatic carbocycles. The Kier molecular flexibility index (Phi) is 6.33. The topological polar surface area (TPSA) is 95.5 Å². The summed E-state index contributed by atoms with van der Waals surface area (Å²) in [5.41, 5.74) is 0.337. The molecule has 6 heteroatoms. The number of ether oxygens (including phenoxy) is 1. The second kappa shape index (κ2) is 8.46.